The van der Waals surface area contributed by atoms with Gasteiger partial charge in [-0.05, 0) is 54.8 Å². The molecule has 0 heterocycles. The highest BCUT2D eigenvalue weighted by Crippen LogP contribution is 2.25. The fraction of sp³-hybridized carbons (Fsp3) is 0.381. The van der Waals surface area contributed by atoms with Gasteiger partial charge in [-0.2, -0.15) is 12.7 Å². The summed E-state index contributed by atoms with van der Waals surface area (Å²) in [5, 5.41) is 3.04. The Labute approximate surface area is 173 Å². The summed E-state index contributed by atoms with van der Waals surface area (Å²) in [7, 11) is 2.47. The minimum atomic E-state index is -3.58. The summed E-state index contributed by atoms with van der Waals surface area (Å²) in [6, 6.07) is 12.2. The van der Waals surface area contributed by atoms with Gasteiger partial charge >= 0.3 is 10.2 Å². The Morgan fingerprint density at radius 2 is 1.72 bits per heavy atom. The number of ether oxygens (including phenoxy) is 1. The predicted molar refractivity (Wildman–Crippen MR) is 116 cm³/mol. The molecular formula is C21H29N3O4S. The highest BCUT2D eigenvalue weighted by atomic mass is 32.2. The molecule has 0 saturated heterocycles. The van der Waals surface area contributed by atoms with Crippen LogP contribution in [-0.4, -0.2) is 46.9 Å². The first-order valence-electron chi connectivity index (χ1n) is 9.33. The molecule has 7 nitrogen and oxygen atoms in total. The summed E-state index contributed by atoms with van der Waals surface area (Å²) in [5.41, 5.74) is 2.96. The predicted octanol–water partition coefficient (Wildman–Crippen LogP) is 3.13. The minimum Gasteiger partial charge on any atom is -0.496 e. The third-order valence-electron chi connectivity index (χ3n) is 4.84. The van der Waals surface area contributed by atoms with Crippen molar-refractivity contribution in [2.75, 3.05) is 32.6 Å². The van der Waals surface area contributed by atoms with Crippen molar-refractivity contribution in [1.82, 2.24) is 9.62 Å². The third-order valence-corrected chi connectivity index (χ3v) is 6.66. The molecule has 29 heavy (non-hydrogen) atoms. The van der Waals surface area contributed by atoms with E-state index in [1.165, 1.54) is 25.4 Å². The van der Waals surface area contributed by atoms with Crippen molar-refractivity contribution in [3.63, 3.8) is 0 Å². The maximum Gasteiger partial charge on any atom is 0.303 e. The lowest BCUT2D eigenvalue weighted by molar-refractivity contribution is 0.0935. The number of hydrogen-bond donors (Lipinski definition) is 1. The van der Waals surface area contributed by atoms with Crippen molar-refractivity contribution in [1.29, 1.82) is 0 Å². The van der Waals surface area contributed by atoms with Gasteiger partial charge < -0.3 is 10.1 Å². The third kappa shape index (κ3) is 5.07. The average Bonchev–Trinajstić information content (AvgIpc) is 2.71. The zero-order valence-corrected chi connectivity index (χ0v) is 18.6. The molecule has 0 aliphatic carbocycles. The Morgan fingerprint density at radius 1 is 1.10 bits per heavy atom. The number of aryl methyl sites for hydroxylation is 1. The SMILES string of the molecule is CC[C@H](NC(=O)c1ccc(N(C)S(=O)(=O)N(C)C)cc1)c1ccc(OC)c(C)c1. The van der Waals surface area contributed by atoms with Crippen LogP contribution in [0.1, 0.15) is 40.9 Å². The Kier molecular flexibility index (Phi) is 7.26. The van der Waals surface area contributed by atoms with Gasteiger partial charge in [-0.15, -0.1) is 0 Å². The Morgan fingerprint density at radius 3 is 2.21 bits per heavy atom. The van der Waals surface area contributed by atoms with Crippen LogP contribution in [0.25, 0.3) is 0 Å². The molecule has 2 aromatic rings. The molecule has 0 radical (unpaired) electrons. The second-order valence-electron chi connectivity index (χ2n) is 6.97. The summed E-state index contributed by atoms with van der Waals surface area (Å²) in [6.45, 7) is 3.97. The molecule has 2 rings (SSSR count). The Hall–Kier alpha value is -2.58. The molecule has 158 valence electrons. The van der Waals surface area contributed by atoms with Gasteiger partial charge in [-0.25, -0.2) is 0 Å². The lowest BCUT2D eigenvalue weighted by Crippen LogP contribution is -2.37. The maximum atomic E-state index is 12.7. The molecule has 0 aliphatic rings. The van der Waals surface area contributed by atoms with Crippen LogP contribution in [-0.2, 0) is 10.2 Å². The van der Waals surface area contributed by atoms with Gasteiger partial charge in [0.25, 0.3) is 5.91 Å². The first-order valence-corrected chi connectivity index (χ1v) is 10.7. The van der Waals surface area contributed by atoms with E-state index < -0.39 is 10.2 Å². The monoisotopic (exact) mass is 419 g/mol. The molecule has 2 aromatic carbocycles. The number of hydrogen-bond acceptors (Lipinski definition) is 4. The second-order valence-corrected chi connectivity index (χ2v) is 9.14. The fourth-order valence-corrected chi connectivity index (χ4v) is 3.86. The number of benzene rings is 2. The van der Waals surface area contributed by atoms with E-state index in [4.69, 9.17) is 4.74 Å². The molecule has 1 N–H and O–H groups in total. The standard InChI is InChI=1S/C21H29N3O4S/c1-7-19(17-10-13-20(28-6)15(2)14-17)22-21(25)16-8-11-18(12-9-16)24(5)29(26,27)23(3)4/h8-14,19H,7H2,1-6H3,(H,22,25)/t19-/m0/s1. The van der Waals surface area contributed by atoms with Gasteiger partial charge in [0, 0.05) is 26.7 Å². The average molecular weight is 420 g/mol. The molecule has 8 heteroatoms. The number of nitrogens with one attached hydrogen (secondary N) is 1. The quantitative estimate of drug-likeness (QED) is 0.713. The number of carbonyl (C=O) groups is 1. The van der Waals surface area contributed by atoms with Crippen LogP contribution in [0.4, 0.5) is 5.69 Å². The summed E-state index contributed by atoms with van der Waals surface area (Å²) in [4.78, 5) is 12.7. The van der Waals surface area contributed by atoms with E-state index in [9.17, 15) is 13.2 Å². The molecule has 0 fully saturated rings. The van der Waals surface area contributed by atoms with Crippen LogP contribution in [0.15, 0.2) is 42.5 Å². The van der Waals surface area contributed by atoms with Gasteiger partial charge in [0.05, 0.1) is 18.8 Å². The largest absolute Gasteiger partial charge is 0.496 e. The number of rotatable bonds is 8. The number of anilines is 1. The summed E-state index contributed by atoms with van der Waals surface area (Å²) < 4.78 is 32.1. The van der Waals surface area contributed by atoms with E-state index in [2.05, 4.69) is 5.32 Å². The van der Waals surface area contributed by atoms with Crippen molar-refractivity contribution in [3.05, 3.63) is 59.2 Å². The van der Waals surface area contributed by atoms with E-state index in [-0.39, 0.29) is 11.9 Å². The first kappa shape index (κ1) is 22.7. The van der Waals surface area contributed by atoms with E-state index >= 15 is 0 Å². The van der Waals surface area contributed by atoms with Gasteiger partial charge in [-0.3, -0.25) is 9.10 Å². The number of methoxy groups -OCH3 is 1. The highest BCUT2D eigenvalue weighted by molar-refractivity contribution is 7.90. The van der Waals surface area contributed by atoms with Crippen molar-refractivity contribution >= 4 is 21.8 Å². The van der Waals surface area contributed by atoms with Crippen molar-refractivity contribution in [2.24, 2.45) is 0 Å². The smallest absolute Gasteiger partial charge is 0.303 e. The van der Waals surface area contributed by atoms with Gasteiger partial charge in [0.2, 0.25) is 0 Å². The number of amides is 1. The minimum absolute atomic E-state index is 0.136. The normalized spacial score (nSPS) is 12.5. The molecule has 0 saturated carbocycles. The van der Waals surface area contributed by atoms with Gasteiger partial charge in [-0.1, -0.05) is 19.1 Å². The molecular weight excluding hydrogens is 390 g/mol. The fourth-order valence-electron chi connectivity index (χ4n) is 2.98. The lowest BCUT2D eigenvalue weighted by atomic mass is 10.0. The summed E-state index contributed by atoms with van der Waals surface area (Å²) >= 11 is 0. The molecule has 0 unspecified atom stereocenters. The van der Waals surface area contributed by atoms with E-state index in [0.29, 0.717) is 11.3 Å². The molecule has 0 bridgehead atoms. The van der Waals surface area contributed by atoms with Crippen molar-refractivity contribution in [3.8, 4) is 5.75 Å². The summed E-state index contributed by atoms with van der Waals surface area (Å²) in [5.74, 6) is 0.595. The Balaban J connectivity index is 2.16. The molecule has 0 spiro atoms. The highest BCUT2D eigenvalue weighted by Gasteiger charge is 2.21. The maximum absolute atomic E-state index is 12.7. The van der Waals surface area contributed by atoms with Gasteiger partial charge in [0.1, 0.15) is 5.75 Å². The number of nitrogens with zero attached hydrogens (tertiary/aromatic N) is 2. The molecule has 1 atom stereocenters. The zero-order valence-electron chi connectivity index (χ0n) is 17.8. The van der Waals surface area contributed by atoms with Crippen molar-refractivity contribution in [2.45, 2.75) is 26.3 Å². The van der Waals surface area contributed by atoms with Crippen LogP contribution in [0.2, 0.25) is 0 Å². The second kappa shape index (κ2) is 9.28. The first-order chi connectivity index (χ1) is 13.6. The Bertz CT molecular complexity index is 956. The van der Waals surface area contributed by atoms with Crippen molar-refractivity contribution < 1.29 is 17.9 Å². The molecule has 0 aromatic heterocycles. The van der Waals surface area contributed by atoms with Gasteiger partial charge in [0.15, 0.2) is 0 Å². The number of carbonyl (C=O) groups excluding carboxylic acids is 1. The van der Waals surface area contributed by atoms with E-state index in [1.807, 2.05) is 32.0 Å². The van der Waals surface area contributed by atoms with E-state index in [1.54, 1.807) is 31.4 Å². The van der Waals surface area contributed by atoms with Crippen LogP contribution in [0.5, 0.6) is 5.75 Å². The zero-order chi connectivity index (χ0) is 21.8. The molecule has 0 aliphatic heterocycles. The van der Waals surface area contributed by atoms with Crippen LogP contribution in [0, 0.1) is 6.92 Å². The van der Waals surface area contributed by atoms with Crippen LogP contribution in [0.3, 0.4) is 0 Å². The molecule has 1 amide bonds. The van der Waals surface area contributed by atoms with Crippen LogP contribution < -0.4 is 14.4 Å². The van der Waals surface area contributed by atoms with E-state index in [0.717, 1.165) is 27.6 Å². The van der Waals surface area contributed by atoms with Crippen LogP contribution >= 0.6 is 0 Å². The summed E-state index contributed by atoms with van der Waals surface area (Å²) in [6.07, 6.45) is 0.736. The lowest BCUT2D eigenvalue weighted by Gasteiger charge is -2.23. The topological polar surface area (TPSA) is 79.0 Å².